The first kappa shape index (κ1) is 16.1. The Balaban J connectivity index is 1.96. The molecule has 1 atom stereocenters. The molecule has 0 saturated carbocycles. The van der Waals surface area contributed by atoms with E-state index in [0.717, 1.165) is 11.1 Å². The summed E-state index contributed by atoms with van der Waals surface area (Å²) in [5, 5.41) is 0.0397. The van der Waals surface area contributed by atoms with Crippen molar-refractivity contribution in [2.45, 2.75) is 50.8 Å². The fourth-order valence-electron chi connectivity index (χ4n) is 2.86. The molecule has 1 aliphatic rings. The smallest absolute Gasteiger partial charge is 0.262 e. The van der Waals surface area contributed by atoms with Crippen LogP contribution in [0.2, 0.25) is 0 Å². The van der Waals surface area contributed by atoms with Crippen molar-refractivity contribution >= 4 is 10.0 Å². The van der Waals surface area contributed by atoms with Crippen molar-refractivity contribution < 1.29 is 12.8 Å². The SMILES string of the molecule is CC(C)n1cnc(S(=O)(=O)N2Cc3cc(F)ccc3C[C@H]2C)c1. The quantitative estimate of drug-likeness (QED) is 0.865. The van der Waals surface area contributed by atoms with Gasteiger partial charge in [0.25, 0.3) is 10.0 Å². The summed E-state index contributed by atoms with van der Waals surface area (Å²) in [7, 11) is -3.70. The molecule has 0 radical (unpaired) electrons. The predicted octanol–water partition coefficient (Wildman–Crippen LogP) is 2.74. The van der Waals surface area contributed by atoms with E-state index in [-0.39, 0.29) is 29.5 Å². The minimum Gasteiger partial charge on any atom is -0.334 e. The molecule has 0 aliphatic carbocycles. The number of rotatable bonds is 3. The molecular weight excluding hydrogens is 317 g/mol. The van der Waals surface area contributed by atoms with Crippen LogP contribution in [0.3, 0.4) is 0 Å². The van der Waals surface area contributed by atoms with Gasteiger partial charge in [-0.05, 0) is 50.5 Å². The first-order valence-corrected chi connectivity index (χ1v) is 9.05. The average molecular weight is 337 g/mol. The van der Waals surface area contributed by atoms with E-state index in [1.807, 2.05) is 20.8 Å². The Morgan fingerprint density at radius 1 is 1.30 bits per heavy atom. The number of halogens is 1. The van der Waals surface area contributed by atoms with E-state index in [2.05, 4.69) is 4.98 Å². The molecule has 1 aromatic heterocycles. The van der Waals surface area contributed by atoms with Gasteiger partial charge >= 0.3 is 0 Å². The Hall–Kier alpha value is -1.73. The van der Waals surface area contributed by atoms with Crippen LogP contribution in [0.5, 0.6) is 0 Å². The molecule has 0 amide bonds. The van der Waals surface area contributed by atoms with Crippen molar-refractivity contribution in [2.75, 3.05) is 0 Å². The highest BCUT2D eigenvalue weighted by atomic mass is 32.2. The van der Waals surface area contributed by atoms with Crippen LogP contribution in [-0.2, 0) is 23.0 Å². The minimum absolute atomic E-state index is 0.0397. The zero-order valence-corrected chi connectivity index (χ0v) is 14.2. The molecule has 3 rings (SSSR count). The number of aromatic nitrogens is 2. The molecule has 0 bridgehead atoms. The van der Waals surface area contributed by atoms with Crippen molar-refractivity contribution in [1.29, 1.82) is 0 Å². The Kier molecular flexibility index (Phi) is 4.01. The summed E-state index contributed by atoms with van der Waals surface area (Å²) in [6, 6.07) is 4.51. The molecule has 1 aromatic carbocycles. The zero-order valence-electron chi connectivity index (χ0n) is 13.4. The summed E-state index contributed by atoms with van der Waals surface area (Å²) in [5.74, 6) is -0.347. The van der Waals surface area contributed by atoms with E-state index < -0.39 is 10.0 Å². The van der Waals surface area contributed by atoms with E-state index in [1.54, 1.807) is 16.8 Å². The van der Waals surface area contributed by atoms with E-state index in [9.17, 15) is 12.8 Å². The van der Waals surface area contributed by atoms with Gasteiger partial charge in [-0.25, -0.2) is 17.8 Å². The van der Waals surface area contributed by atoms with E-state index in [4.69, 9.17) is 0 Å². The maximum Gasteiger partial charge on any atom is 0.262 e. The lowest BCUT2D eigenvalue weighted by molar-refractivity contribution is 0.307. The molecule has 124 valence electrons. The lowest BCUT2D eigenvalue weighted by atomic mass is 9.97. The second kappa shape index (κ2) is 5.72. The zero-order chi connectivity index (χ0) is 16.8. The number of nitrogens with zero attached hydrogens (tertiary/aromatic N) is 3. The summed E-state index contributed by atoms with van der Waals surface area (Å²) in [4.78, 5) is 4.05. The van der Waals surface area contributed by atoms with Crippen LogP contribution in [0.15, 0.2) is 35.7 Å². The summed E-state index contributed by atoms with van der Waals surface area (Å²) >= 11 is 0. The molecule has 2 aromatic rings. The van der Waals surface area contributed by atoms with E-state index in [1.165, 1.54) is 22.8 Å². The van der Waals surface area contributed by atoms with Gasteiger partial charge in [-0.3, -0.25) is 0 Å². The first-order valence-electron chi connectivity index (χ1n) is 7.61. The van der Waals surface area contributed by atoms with Gasteiger partial charge < -0.3 is 4.57 Å². The van der Waals surface area contributed by atoms with Crippen molar-refractivity contribution in [3.63, 3.8) is 0 Å². The van der Waals surface area contributed by atoms with Gasteiger partial charge in [-0.2, -0.15) is 4.31 Å². The van der Waals surface area contributed by atoms with E-state index >= 15 is 0 Å². The molecule has 2 heterocycles. The van der Waals surface area contributed by atoms with Crippen LogP contribution in [0.4, 0.5) is 4.39 Å². The second-order valence-corrected chi connectivity index (χ2v) is 8.11. The largest absolute Gasteiger partial charge is 0.334 e. The highest BCUT2D eigenvalue weighted by molar-refractivity contribution is 7.89. The fraction of sp³-hybridized carbons (Fsp3) is 0.438. The maximum absolute atomic E-state index is 13.4. The average Bonchev–Trinajstić information content (AvgIpc) is 2.97. The topological polar surface area (TPSA) is 55.2 Å². The number of sulfonamides is 1. The van der Waals surface area contributed by atoms with Crippen molar-refractivity contribution in [1.82, 2.24) is 13.9 Å². The maximum atomic E-state index is 13.4. The molecule has 5 nitrogen and oxygen atoms in total. The molecule has 0 N–H and O–H groups in total. The third kappa shape index (κ3) is 2.90. The Bertz CT molecular complexity index is 830. The van der Waals surface area contributed by atoms with Crippen molar-refractivity contribution in [2.24, 2.45) is 0 Å². The molecule has 0 spiro atoms. The molecular formula is C16H20FN3O2S. The molecule has 0 unspecified atom stereocenters. The second-order valence-electron chi connectivity index (χ2n) is 6.27. The van der Waals surface area contributed by atoms with Gasteiger partial charge in [0.15, 0.2) is 5.03 Å². The van der Waals surface area contributed by atoms with Gasteiger partial charge in [0.1, 0.15) is 5.82 Å². The molecule has 0 fully saturated rings. The summed E-state index contributed by atoms with van der Waals surface area (Å²) in [6.07, 6.45) is 3.65. The number of benzene rings is 1. The lowest BCUT2D eigenvalue weighted by Crippen LogP contribution is -2.42. The van der Waals surface area contributed by atoms with Crippen LogP contribution >= 0.6 is 0 Å². The van der Waals surface area contributed by atoms with E-state index in [0.29, 0.717) is 6.42 Å². The molecule has 0 saturated heterocycles. The van der Waals surface area contributed by atoms with Crippen LogP contribution in [0, 0.1) is 5.82 Å². The lowest BCUT2D eigenvalue weighted by Gasteiger charge is -2.33. The van der Waals surface area contributed by atoms with Crippen LogP contribution in [-0.4, -0.2) is 28.3 Å². The standard InChI is InChI=1S/C16H20FN3O2S/c1-11(2)19-9-16(18-10-19)23(21,22)20-8-14-7-15(17)5-4-13(14)6-12(20)3/h4-5,7,9-12H,6,8H2,1-3H3/t12-/m1/s1. The van der Waals surface area contributed by atoms with Crippen LogP contribution < -0.4 is 0 Å². The van der Waals surface area contributed by atoms with Crippen LogP contribution in [0.25, 0.3) is 0 Å². The normalized spacial score (nSPS) is 19.1. The van der Waals surface area contributed by atoms with Gasteiger partial charge in [0, 0.05) is 24.8 Å². The summed E-state index contributed by atoms with van der Waals surface area (Å²) < 4.78 is 42.4. The van der Waals surface area contributed by atoms with Crippen molar-refractivity contribution in [3.05, 3.63) is 47.7 Å². The Labute approximate surface area is 135 Å². The highest BCUT2D eigenvalue weighted by Crippen LogP contribution is 2.29. The molecule has 1 aliphatic heterocycles. The predicted molar refractivity (Wildman–Crippen MR) is 84.9 cm³/mol. The monoisotopic (exact) mass is 337 g/mol. The minimum atomic E-state index is -3.70. The van der Waals surface area contributed by atoms with Gasteiger partial charge in [-0.15, -0.1) is 0 Å². The third-order valence-electron chi connectivity index (χ3n) is 4.25. The fourth-order valence-corrected chi connectivity index (χ4v) is 4.39. The van der Waals surface area contributed by atoms with Gasteiger partial charge in [0.05, 0.1) is 6.33 Å². The number of imidazole rings is 1. The first-order chi connectivity index (χ1) is 10.8. The Morgan fingerprint density at radius 3 is 2.70 bits per heavy atom. The van der Waals surface area contributed by atoms with Gasteiger partial charge in [0.2, 0.25) is 0 Å². The van der Waals surface area contributed by atoms with Crippen molar-refractivity contribution in [3.8, 4) is 0 Å². The third-order valence-corrected chi connectivity index (χ3v) is 6.09. The number of hydrogen-bond donors (Lipinski definition) is 0. The summed E-state index contributed by atoms with van der Waals surface area (Å²) in [6.45, 7) is 5.95. The Morgan fingerprint density at radius 2 is 2.04 bits per heavy atom. The number of hydrogen-bond acceptors (Lipinski definition) is 3. The van der Waals surface area contributed by atoms with Crippen LogP contribution in [0.1, 0.15) is 37.9 Å². The molecule has 7 heteroatoms. The summed E-state index contributed by atoms with van der Waals surface area (Å²) in [5.41, 5.74) is 1.72. The molecule has 23 heavy (non-hydrogen) atoms. The number of fused-ring (bicyclic) bond motifs is 1. The van der Waals surface area contributed by atoms with Gasteiger partial charge in [-0.1, -0.05) is 6.07 Å². The highest BCUT2D eigenvalue weighted by Gasteiger charge is 2.34.